The predicted octanol–water partition coefficient (Wildman–Crippen LogP) is 8.20. The topological polar surface area (TPSA) is 216 Å². The molecule has 0 bridgehead atoms. The summed E-state index contributed by atoms with van der Waals surface area (Å²) in [4.78, 5) is 103. The summed E-state index contributed by atoms with van der Waals surface area (Å²) in [6.07, 6.45) is 7.48. The van der Waals surface area contributed by atoms with Gasteiger partial charge in [-0.25, -0.2) is 0 Å². The molecule has 2 saturated heterocycles. The molecule has 2 fully saturated rings. The van der Waals surface area contributed by atoms with E-state index in [1.54, 1.807) is 84.3 Å². The fourth-order valence-corrected chi connectivity index (χ4v) is 10.4. The van der Waals surface area contributed by atoms with Crippen LogP contribution in [0.3, 0.4) is 0 Å². The number of piperidine rings is 2. The smallest absolute Gasteiger partial charge is 0.309 e. The minimum atomic E-state index is -0.770. The molecule has 360 valence electrons. The summed E-state index contributed by atoms with van der Waals surface area (Å²) in [6.45, 7) is 5.06. The highest BCUT2D eigenvalue weighted by molar-refractivity contribution is 7.99. The molecule has 69 heavy (non-hydrogen) atoms. The average Bonchev–Trinajstić information content (AvgIpc) is 3.37. The fraction of sp³-hybridized carbons (Fsp3) is 0.360. The summed E-state index contributed by atoms with van der Waals surface area (Å²) in [7, 11) is 0. The van der Waals surface area contributed by atoms with E-state index in [4.69, 9.17) is 29.0 Å². The number of nitrogens with zero attached hydrogens (tertiary/aromatic N) is 4. The molecule has 4 aliphatic heterocycles. The molecule has 0 radical (unpaired) electrons. The lowest BCUT2D eigenvalue weighted by molar-refractivity contribution is -0.389. The van der Waals surface area contributed by atoms with E-state index in [9.17, 15) is 39.4 Å². The lowest BCUT2D eigenvalue weighted by atomic mass is 9.86. The van der Waals surface area contributed by atoms with E-state index in [1.165, 1.54) is 36.4 Å². The van der Waals surface area contributed by atoms with E-state index in [1.807, 2.05) is 0 Å². The van der Waals surface area contributed by atoms with Crippen molar-refractivity contribution in [1.82, 2.24) is 9.80 Å². The second kappa shape index (κ2) is 21.9. The zero-order chi connectivity index (χ0) is 48.6. The molecule has 2 atom stereocenters. The fourth-order valence-electron chi connectivity index (χ4n) is 9.29. The van der Waals surface area contributed by atoms with Crippen LogP contribution in [-0.4, -0.2) is 96.0 Å². The van der Waals surface area contributed by atoms with Gasteiger partial charge in [-0.1, -0.05) is 60.3 Å². The van der Waals surface area contributed by atoms with Gasteiger partial charge in [0.15, 0.2) is 11.5 Å². The zero-order valence-corrected chi connectivity index (χ0v) is 38.8. The number of fused-ring (bicyclic) bond motifs is 2. The van der Waals surface area contributed by atoms with Gasteiger partial charge in [0.05, 0.1) is 44.7 Å². The molecule has 4 aliphatic rings. The molecule has 4 aromatic rings. The highest BCUT2D eigenvalue weighted by Crippen LogP contribution is 2.50. The Kier molecular flexibility index (Phi) is 15.4. The first-order chi connectivity index (χ1) is 33.5. The highest BCUT2D eigenvalue weighted by atomic mass is 32.2. The second-order valence-corrected chi connectivity index (χ2v) is 17.8. The molecule has 0 N–H and O–H groups in total. The van der Waals surface area contributed by atoms with Crippen molar-refractivity contribution in [3.63, 3.8) is 0 Å². The quantitative estimate of drug-likeness (QED) is 0.0383. The number of hydrogen-bond acceptors (Lipinski definition) is 15. The van der Waals surface area contributed by atoms with Gasteiger partial charge in [-0.2, -0.15) is 9.78 Å². The molecule has 0 saturated carbocycles. The van der Waals surface area contributed by atoms with Crippen LogP contribution in [0.4, 0.5) is 11.4 Å². The molecule has 0 spiro atoms. The summed E-state index contributed by atoms with van der Waals surface area (Å²) in [5, 5.41) is 27.0. The van der Waals surface area contributed by atoms with Crippen LogP contribution in [0.15, 0.2) is 94.7 Å². The molecule has 4 heterocycles. The summed E-state index contributed by atoms with van der Waals surface area (Å²) in [6, 6.07) is 20.2. The maximum atomic E-state index is 13.6. The summed E-state index contributed by atoms with van der Waals surface area (Å²) < 4.78 is 10.3. The van der Waals surface area contributed by atoms with Crippen LogP contribution in [0.5, 0.6) is 11.5 Å². The Hall–Kier alpha value is -7.09. The number of nitro groups is 2. The first kappa shape index (κ1) is 48.4. The van der Waals surface area contributed by atoms with Crippen LogP contribution >= 0.6 is 11.8 Å². The van der Waals surface area contributed by atoms with Crippen molar-refractivity contribution in [2.75, 3.05) is 52.6 Å². The van der Waals surface area contributed by atoms with Crippen molar-refractivity contribution in [3.05, 3.63) is 139 Å². The predicted molar refractivity (Wildman–Crippen MR) is 250 cm³/mol. The van der Waals surface area contributed by atoms with Gasteiger partial charge in [0.2, 0.25) is 11.8 Å². The molecular weight excluding hydrogens is 913 g/mol. The lowest BCUT2D eigenvalue weighted by Gasteiger charge is -2.30. The Morgan fingerprint density at radius 3 is 1.39 bits per heavy atom. The van der Waals surface area contributed by atoms with Gasteiger partial charge in [-0.15, -0.1) is 0 Å². The number of likely N-dealkylation sites (tertiary alicyclic amines) is 2. The minimum Gasteiger partial charge on any atom is -0.466 e. The Labute approximate surface area is 401 Å². The molecule has 0 aliphatic carbocycles. The van der Waals surface area contributed by atoms with Crippen molar-refractivity contribution in [2.24, 2.45) is 11.8 Å². The number of carbonyl (C=O) groups is 4. The number of nitro benzene ring substituents is 2. The number of esters is 2. The van der Waals surface area contributed by atoms with Crippen molar-refractivity contribution >= 4 is 59.0 Å². The van der Waals surface area contributed by atoms with Gasteiger partial charge >= 0.3 is 11.9 Å². The standard InChI is InChI=1S/C50H50N4O14S/c1-3-63-49(57)33-21-25-51(26-22-33)43(55)19-15-31-13-17-41(47(53(59)60)45(31)37-29-65-67-39-11-7-5-9-35(37)39)69-42-18-14-32(16-20-44(56)52-27-23-34(24-28-52)50(58)64-4-2)46(48(42)54(61)62)38-30-66-68-40-12-8-6-10-36(38)40/h5-20,33-34,37-38H,3-4,21-30H2,1-2H3. The van der Waals surface area contributed by atoms with Crippen LogP contribution in [0.25, 0.3) is 12.2 Å². The Morgan fingerprint density at radius 2 is 1.01 bits per heavy atom. The molecule has 18 nitrogen and oxygen atoms in total. The van der Waals surface area contributed by atoms with E-state index in [2.05, 4.69) is 0 Å². The minimum absolute atomic E-state index is 0.0749. The van der Waals surface area contributed by atoms with Crippen LogP contribution < -0.4 is 9.78 Å². The zero-order valence-electron chi connectivity index (χ0n) is 37.9. The van der Waals surface area contributed by atoms with E-state index >= 15 is 0 Å². The van der Waals surface area contributed by atoms with Gasteiger partial charge in [0.1, 0.15) is 13.2 Å². The van der Waals surface area contributed by atoms with E-state index in [0.717, 1.165) is 11.8 Å². The van der Waals surface area contributed by atoms with Crippen molar-refractivity contribution in [1.29, 1.82) is 0 Å². The maximum absolute atomic E-state index is 13.6. The average molecular weight is 963 g/mol. The third-order valence-corrected chi connectivity index (χ3v) is 13.8. The largest absolute Gasteiger partial charge is 0.466 e. The van der Waals surface area contributed by atoms with Crippen LogP contribution in [-0.2, 0) is 38.4 Å². The number of carbonyl (C=O) groups excluding carboxylic acids is 4. The van der Waals surface area contributed by atoms with Crippen molar-refractivity contribution in [2.45, 2.75) is 61.2 Å². The van der Waals surface area contributed by atoms with Crippen LogP contribution in [0, 0.1) is 32.1 Å². The third kappa shape index (κ3) is 10.6. The first-order valence-corrected chi connectivity index (χ1v) is 23.6. The van der Waals surface area contributed by atoms with E-state index in [0.29, 0.717) is 85.6 Å². The molecule has 19 heteroatoms. The maximum Gasteiger partial charge on any atom is 0.309 e. The molecule has 8 rings (SSSR count). The highest BCUT2D eigenvalue weighted by Gasteiger charge is 2.38. The monoisotopic (exact) mass is 962 g/mol. The van der Waals surface area contributed by atoms with E-state index < -0.39 is 21.7 Å². The third-order valence-electron chi connectivity index (χ3n) is 12.7. The summed E-state index contributed by atoms with van der Waals surface area (Å²) in [5.41, 5.74) is 1.56. The molecule has 0 aromatic heterocycles. The Morgan fingerprint density at radius 1 is 0.623 bits per heavy atom. The van der Waals surface area contributed by atoms with Crippen molar-refractivity contribution < 1.29 is 58.0 Å². The van der Waals surface area contributed by atoms with Crippen molar-refractivity contribution in [3.8, 4) is 11.5 Å². The number of ether oxygens (including phenoxy) is 2. The molecular formula is C50H50N4O14S. The molecule has 2 amide bonds. The molecule has 2 unspecified atom stereocenters. The number of hydrogen-bond donors (Lipinski definition) is 0. The number of amides is 2. The molecule has 4 aromatic carbocycles. The number of rotatable bonds is 14. The first-order valence-electron chi connectivity index (χ1n) is 22.8. The van der Waals surface area contributed by atoms with Gasteiger partial charge in [0, 0.05) is 72.4 Å². The van der Waals surface area contributed by atoms with Gasteiger partial charge in [-0.05, 0) is 87.1 Å². The van der Waals surface area contributed by atoms with Gasteiger partial charge in [0.25, 0.3) is 11.4 Å². The van der Waals surface area contributed by atoms with Gasteiger partial charge < -0.3 is 29.0 Å². The summed E-state index contributed by atoms with van der Waals surface area (Å²) >= 11 is 0.838. The Bertz CT molecular complexity index is 2510. The van der Waals surface area contributed by atoms with Gasteiger partial charge in [-0.3, -0.25) is 39.4 Å². The second-order valence-electron chi connectivity index (χ2n) is 16.7. The Balaban J connectivity index is 1.18. The van der Waals surface area contributed by atoms with E-state index in [-0.39, 0.29) is 94.3 Å². The van der Waals surface area contributed by atoms with Crippen LogP contribution in [0.2, 0.25) is 0 Å². The number of benzene rings is 4. The SMILES string of the molecule is CCOC(=O)C1CCN(C(=O)C=Cc2ccc(Sc3ccc(C=CC(=O)N4CCC(C(=O)OCC)CC4)c(C4COOc5ccccc54)c3[N+](=O)[O-])c([N+](=O)[O-])c2C2COOc3ccccc32)CC1. The lowest BCUT2D eigenvalue weighted by Crippen LogP contribution is -2.39. The van der Waals surface area contributed by atoms with Crippen LogP contribution in [0.1, 0.15) is 84.7 Å². The number of para-hydroxylation sites is 2. The summed E-state index contributed by atoms with van der Waals surface area (Å²) in [5.74, 6) is -2.74. The normalized spacial score (nSPS) is 18.5.